The third-order valence-electron chi connectivity index (χ3n) is 4.11. The first-order chi connectivity index (χ1) is 14.5. The number of ether oxygens (including phenoxy) is 3. The minimum Gasteiger partial charge on any atom is -0.497 e. The monoisotopic (exact) mass is 424 g/mol. The van der Waals surface area contributed by atoms with Crippen molar-refractivity contribution in [3.8, 4) is 28.5 Å². The molecule has 0 saturated carbocycles. The molecule has 0 unspecified atom stereocenters. The molecule has 6 nitrogen and oxygen atoms in total. The normalized spacial score (nSPS) is 11.0. The van der Waals surface area contributed by atoms with Crippen LogP contribution in [-0.2, 0) is 4.79 Å². The molecule has 1 heterocycles. The van der Waals surface area contributed by atoms with Crippen molar-refractivity contribution in [3.05, 3.63) is 59.5 Å². The number of hydrogen-bond acceptors (Lipinski definition) is 6. The Hall–Kier alpha value is -3.32. The molecule has 30 heavy (non-hydrogen) atoms. The van der Waals surface area contributed by atoms with E-state index in [1.807, 2.05) is 55.6 Å². The van der Waals surface area contributed by atoms with Crippen LogP contribution in [-0.4, -0.2) is 31.2 Å². The van der Waals surface area contributed by atoms with Crippen molar-refractivity contribution >= 4 is 28.5 Å². The second kappa shape index (κ2) is 9.93. The predicted molar refractivity (Wildman–Crippen MR) is 121 cm³/mol. The van der Waals surface area contributed by atoms with Gasteiger partial charge in [0.15, 0.2) is 5.13 Å². The van der Waals surface area contributed by atoms with Crippen LogP contribution < -0.4 is 19.5 Å². The first-order valence-electron chi connectivity index (χ1n) is 9.42. The maximum atomic E-state index is 12.3. The lowest BCUT2D eigenvalue weighted by Gasteiger charge is -2.09. The molecule has 0 atom stereocenters. The number of carbonyl (C=O) groups is 1. The van der Waals surface area contributed by atoms with E-state index in [0.717, 1.165) is 22.6 Å². The van der Waals surface area contributed by atoms with E-state index in [2.05, 4.69) is 10.3 Å². The van der Waals surface area contributed by atoms with Crippen molar-refractivity contribution in [2.24, 2.45) is 0 Å². The minimum atomic E-state index is -0.269. The summed E-state index contributed by atoms with van der Waals surface area (Å²) in [6, 6.07) is 13.1. The number of benzene rings is 2. The van der Waals surface area contributed by atoms with Crippen molar-refractivity contribution in [2.75, 3.05) is 19.5 Å². The zero-order chi connectivity index (χ0) is 21.5. The number of rotatable bonds is 8. The summed E-state index contributed by atoms with van der Waals surface area (Å²) >= 11 is 1.37. The van der Waals surface area contributed by atoms with Crippen molar-refractivity contribution in [1.29, 1.82) is 0 Å². The fraction of sp³-hybridized carbons (Fsp3) is 0.217. The zero-order valence-electron chi connectivity index (χ0n) is 17.3. The Balaban J connectivity index is 1.64. The largest absolute Gasteiger partial charge is 0.497 e. The number of nitrogens with zero attached hydrogens (tertiary/aromatic N) is 1. The molecule has 7 heteroatoms. The van der Waals surface area contributed by atoms with Gasteiger partial charge in [0, 0.05) is 28.6 Å². The van der Waals surface area contributed by atoms with Crippen LogP contribution in [0.15, 0.2) is 53.9 Å². The molecule has 0 spiro atoms. The molecule has 2 aromatic carbocycles. The molecule has 0 fully saturated rings. The molecule has 1 amide bonds. The Morgan fingerprint density at radius 1 is 1.07 bits per heavy atom. The number of hydrogen-bond donors (Lipinski definition) is 1. The Bertz CT molecular complexity index is 1030. The van der Waals surface area contributed by atoms with Gasteiger partial charge in [-0.25, -0.2) is 4.98 Å². The van der Waals surface area contributed by atoms with E-state index in [-0.39, 0.29) is 12.0 Å². The van der Waals surface area contributed by atoms with Gasteiger partial charge in [0.25, 0.3) is 0 Å². The molecule has 0 aliphatic carbocycles. The summed E-state index contributed by atoms with van der Waals surface area (Å²) in [5.74, 6) is 1.86. The van der Waals surface area contributed by atoms with Crippen LogP contribution in [0.4, 0.5) is 5.13 Å². The van der Waals surface area contributed by atoms with Crippen LogP contribution in [0.5, 0.6) is 17.2 Å². The van der Waals surface area contributed by atoms with Crippen molar-refractivity contribution in [1.82, 2.24) is 4.98 Å². The average molecular weight is 425 g/mol. The summed E-state index contributed by atoms with van der Waals surface area (Å²) in [5, 5.41) is 5.23. The van der Waals surface area contributed by atoms with Crippen molar-refractivity contribution in [3.63, 3.8) is 0 Å². The SMILES string of the molecule is COc1ccc(C=CC(=O)Nc2nc(-c3ccc(OC(C)C)cc3)cs2)c(OC)c1. The lowest BCUT2D eigenvalue weighted by molar-refractivity contribution is -0.111. The quantitative estimate of drug-likeness (QED) is 0.499. The van der Waals surface area contributed by atoms with E-state index in [1.165, 1.54) is 17.4 Å². The highest BCUT2D eigenvalue weighted by molar-refractivity contribution is 7.14. The van der Waals surface area contributed by atoms with Crippen LogP contribution in [0.25, 0.3) is 17.3 Å². The van der Waals surface area contributed by atoms with Gasteiger partial charge in [-0.3, -0.25) is 10.1 Å². The van der Waals surface area contributed by atoms with Crippen LogP contribution in [0.2, 0.25) is 0 Å². The molecule has 1 aromatic heterocycles. The number of thiazole rings is 1. The molecule has 3 aromatic rings. The molecule has 156 valence electrons. The summed E-state index contributed by atoms with van der Waals surface area (Å²) in [6.07, 6.45) is 3.27. The van der Waals surface area contributed by atoms with E-state index in [9.17, 15) is 4.79 Å². The fourth-order valence-corrected chi connectivity index (χ4v) is 3.43. The smallest absolute Gasteiger partial charge is 0.250 e. The van der Waals surface area contributed by atoms with Crippen molar-refractivity contribution in [2.45, 2.75) is 20.0 Å². The summed E-state index contributed by atoms with van der Waals surface area (Å²) in [6.45, 7) is 3.98. The van der Waals surface area contributed by atoms with E-state index < -0.39 is 0 Å². The van der Waals surface area contributed by atoms with Crippen LogP contribution >= 0.6 is 11.3 Å². The summed E-state index contributed by atoms with van der Waals surface area (Å²) in [7, 11) is 3.17. The molecule has 1 N–H and O–H groups in total. The minimum absolute atomic E-state index is 0.128. The van der Waals surface area contributed by atoms with Gasteiger partial charge in [-0.15, -0.1) is 11.3 Å². The Morgan fingerprint density at radius 2 is 1.80 bits per heavy atom. The molecular formula is C23H24N2O4S. The first-order valence-corrected chi connectivity index (χ1v) is 10.3. The third-order valence-corrected chi connectivity index (χ3v) is 4.87. The number of methoxy groups -OCH3 is 2. The average Bonchev–Trinajstić information content (AvgIpc) is 3.20. The maximum Gasteiger partial charge on any atom is 0.250 e. The van der Waals surface area contributed by atoms with Gasteiger partial charge < -0.3 is 14.2 Å². The Labute approximate surface area is 180 Å². The van der Waals surface area contributed by atoms with Gasteiger partial charge in [-0.05, 0) is 56.3 Å². The Morgan fingerprint density at radius 3 is 2.47 bits per heavy atom. The predicted octanol–water partition coefficient (Wildman–Crippen LogP) is 5.27. The van der Waals surface area contributed by atoms with E-state index in [1.54, 1.807) is 26.4 Å². The summed E-state index contributed by atoms with van der Waals surface area (Å²) in [5.41, 5.74) is 2.53. The zero-order valence-corrected chi connectivity index (χ0v) is 18.2. The molecule has 0 aliphatic heterocycles. The van der Waals surface area contributed by atoms with Crippen LogP contribution in [0.1, 0.15) is 19.4 Å². The highest BCUT2D eigenvalue weighted by Crippen LogP contribution is 2.28. The Kier molecular flexibility index (Phi) is 7.08. The fourth-order valence-electron chi connectivity index (χ4n) is 2.71. The van der Waals surface area contributed by atoms with E-state index in [4.69, 9.17) is 14.2 Å². The number of aromatic nitrogens is 1. The third kappa shape index (κ3) is 5.61. The maximum absolute atomic E-state index is 12.3. The summed E-state index contributed by atoms with van der Waals surface area (Å²) in [4.78, 5) is 16.8. The second-order valence-corrected chi connectivity index (χ2v) is 7.52. The highest BCUT2D eigenvalue weighted by Gasteiger charge is 2.08. The van der Waals surface area contributed by atoms with Gasteiger partial charge in [-0.1, -0.05) is 0 Å². The first kappa shape index (κ1) is 21.4. The van der Waals surface area contributed by atoms with Gasteiger partial charge in [0.2, 0.25) is 5.91 Å². The number of nitrogens with one attached hydrogen (secondary N) is 1. The number of amides is 1. The standard InChI is InChI=1S/C23H24N2O4S/c1-15(2)29-18-9-5-16(6-10-18)20-14-30-23(24-20)25-22(26)12-8-17-7-11-19(27-3)13-21(17)28-4/h5-15H,1-4H3,(H,24,25,26). The van der Waals surface area contributed by atoms with Gasteiger partial charge >= 0.3 is 0 Å². The summed E-state index contributed by atoms with van der Waals surface area (Å²) < 4.78 is 16.2. The molecule has 0 bridgehead atoms. The van der Waals surface area contributed by atoms with Crippen LogP contribution in [0, 0.1) is 0 Å². The molecule has 0 radical (unpaired) electrons. The van der Waals surface area contributed by atoms with Crippen LogP contribution in [0.3, 0.4) is 0 Å². The topological polar surface area (TPSA) is 69.7 Å². The van der Waals surface area contributed by atoms with Crippen molar-refractivity contribution < 1.29 is 19.0 Å². The van der Waals surface area contributed by atoms with E-state index >= 15 is 0 Å². The van der Waals surface area contributed by atoms with Gasteiger partial charge in [0.05, 0.1) is 26.0 Å². The van der Waals surface area contributed by atoms with Gasteiger partial charge in [-0.2, -0.15) is 0 Å². The second-order valence-electron chi connectivity index (χ2n) is 6.66. The van der Waals surface area contributed by atoms with E-state index in [0.29, 0.717) is 16.6 Å². The van der Waals surface area contributed by atoms with Gasteiger partial charge in [0.1, 0.15) is 17.2 Å². The molecular weight excluding hydrogens is 400 g/mol. The number of carbonyl (C=O) groups excluding carboxylic acids is 1. The molecule has 3 rings (SSSR count). The highest BCUT2D eigenvalue weighted by atomic mass is 32.1. The molecule has 0 aliphatic rings. The lowest BCUT2D eigenvalue weighted by Crippen LogP contribution is -2.07. The number of anilines is 1. The molecule has 0 saturated heterocycles. The lowest BCUT2D eigenvalue weighted by atomic mass is 10.1.